The van der Waals surface area contributed by atoms with Crippen molar-refractivity contribution in [2.45, 2.75) is 59.4 Å². The molecule has 0 N–H and O–H groups in total. The van der Waals surface area contributed by atoms with Gasteiger partial charge in [-0.2, -0.15) is 0 Å². The molecular formula is C12H24O4. The molecule has 0 aromatic rings. The number of hydrogen-bond donors (Lipinski definition) is 0. The van der Waals surface area contributed by atoms with E-state index in [1.165, 1.54) is 0 Å². The Morgan fingerprint density at radius 1 is 1.00 bits per heavy atom. The number of rotatable bonds is 8. The summed E-state index contributed by atoms with van der Waals surface area (Å²) >= 11 is 0. The molecule has 0 saturated heterocycles. The second-order valence-electron chi connectivity index (χ2n) is 4.18. The molecule has 0 bridgehead atoms. The summed E-state index contributed by atoms with van der Waals surface area (Å²) in [6.07, 6.45) is 0.427. The molecule has 0 amide bonds. The van der Waals surface area contributed by atoms with Crippen LogP contribution in [0.15, 0.2) is 0 Å². The van der Waals surface area contributed by atoms with E-state index in [9.17, 15) is 4.79 Å². The third kappa shape index (κ3) is 8.68. The third-order valence-electron chi connectivity index (χ3n) is 1.90. The summed E-state index contributed by atoms with van der Waals surface area (Å²) in [7, 11) is 0. The van der Waals surface area contributed by atoms with Crippen LogP contribution in [0.25, 0.3) is 0 Å². The number of esters is 1. The number of carbonyl (C=O) groups is 1. The summed E-state index contributed by atoms with van der Waals surface area (Å²) in [5.74, 6) is -0.192. The molecule has 0 fully saturated rings. The van der Waals surface area contributed by atoms with Gasteiger partial charge in [-0.3, -0.25) is 4.79 Å². The van der Waals surface area contributed by atoms with Crippen molar-refractivity contribution in [3.63, 3.8) is 0 Å². The summed E-state index contributed by atoms with van der Waals surface area (Å²) in [6, 6.07) is 0. The van der Waals surface area contributed by atoms with Gasteiger partial charge in [0.25, 0.3) is 0 Å². The van der Waals surface area contributed by atoms with E-state index in [0.717, 1.165) is 0 Å². The van der Waals surface area contributed by atoms with E-state index in [2.05, 4.69) is 0 Å². The maximum Gasteiger partial charge on any atom is 0.305 e. The molecule has 2 atom stereocenters. The molecule has 0 aliphatic rings. The second kappa shape index (κ2) is 8.53. The Labute approximate surface area is 98.3 Å². The van der Waals surface area contributed by atoms with Crippen LogP contribution in [0, 0.1) is 0 Å². The topological polar surface area (TPSA) is 44.8 Å². The van der Waals surface area contributed by atoms with Crippen LogP contribution < -0.4 is 0 Å². The van der Waals surface area contributed by atoms with Gasteiger partial charge in [0.15, 0.2) is 0 Å². The Kier molecular flexibility index (Phi) is 8.21. The molecular weight excluding hydrogens is 208 g/mol. The molecule has 0 aromatic carbocycles. The van der Waals surface area contributed by atoms with Gasteiger partial charge in [0.05, 0.1) is 25.4 Å². The fourth-order valence-electron chi connectivity index (χ4n) is 1.02. The molecule has 4 heteroatoms. The van der Waals surface area contributed by atoms with Crippen molar-refractivity contribution in [3.05, 3.63) is 0 Å². The largest absolute Gasteiger partial charge is 0.460 e. The van der Waals surface area contributed by atoms with Crippen LogP contribution in [0.4, 0.5) is 0 Å². The van der Waals surface area contributed by atoms with Gasteiger partial charge in [0.1, 0.15) is 6.10 Å². The van der Waals surface area contributed by atoms with E-state index in [0.29, 0.717) is 19.6 Å². The monoisotopic (exact) mass is 232 g/mol. The van der Waals surface area contributed by atoms with Crippen LogP contribution in [-0.2, 0) is 19.0 Å². The zero-order valence-electron chi connectivity index (χ0n) is 11.0. The standard InChI is InChI=1S/C12H24O4/c1-6-12(13)16-11(5)8-15-10(4)7-14-9(2)3/h9-11H,6-8H2,1-5H3. The minimum atomic E-state index is -0.200. The van der Waals surface area contributed by atoms with Crippen LogP contribution in [0.2, 0.25) is 0 Å². The summed E-state index contributed by atoms with van der Waals surface area (Å²) in [4.78, 5) is 11.0. The van der Waals surface area contributed by atoms with Crippen LogP contribution in [-0.4, -0.2) is 37.5 Å². The molecule has 0 saturated carbocycles. The zero-order chi connectivity index (χ0) is 12.6. The SMILES string of the molecule is CCC(=O)OC(C)COC(C)COC(C)C. The predicted molar refractivity (Wildman–Crippen MR) is 62.3 cm³/mol. The van der Waals surface area contributed by atoms with Crippen molar-refractivity contribution in [1.29, 1.82) is 0 Å². The minimum absolute atomic E-state index is 0.0187. The Morgan fingerprint density at radius 3 is 2.06 bits per heavy atom. The summed E-state index contributed by atoms with van der Waals surface area (Å²) < 4.78 is 16.0. The highest BCUT2D eigenvalue weighted by atomic mass is 16.6. The van der Waals surface area contributed by atoms with Gasteiger partial charge in [-0.15, -0.1) is 0 Å². The van der Waals surface area contributed by atoms with E-state index in [1.54, 1.807) is 6.92 Å². The van der Waals surface area contributed by atoms with Gasteiger partial charge >= 0.3 is 5.97 Å². The molecule has 0 aliphatic heterocycles. The molecule has 4 nitrogen and oxygen atoms in total. The maximum absolute atomic E-state index is 11.0. The summed E-state index contributed by atoms with van der Waals surface area (Å²) in [5.41, 5.74) is 0. The van der Waals surface area contributed by atoms with Crippen molar-refractivity contribution in [2.75, 3.05) is 13.2 Å². The lowest BCUT2D eigenvalue weighted by atomic mass is 10.4. The van der Waals surface area contributed by atoms with Crippen molar-refractivity contribution in [3.8, 4) is 0 Å². The van der Waals surface area contributed by atoms with Gasteiger partial charge < -0.3 is 14.2 Å². The molecule has 0 aromatic heterocycles. The first-order valence-electron chi connectivity index (χ1n) is 5.88. The van der Waals surface area contributed by atoms with E-state index in [4.69, 9.17) is 14.2 Å². The van der Waals surface area contributed by atoms with Gasteiger partial charge in [-0.1, -0.05) is 6.92 Å². The normalized spacial score (nSPS) is 14.9. The Bertz CT molecular complexity index is 191. The first-order chi connectivity index (χ1) is 7.45. The number of carbonyl (C=O) groups excluding carboxylic acids is 1. The van der Waals surface area contributed by atoms with E-state index >= 15 is 0 Å². The van der Waals surface area contributed by atoms with Gasteiger partial charge in [-0.05, 0) is 27.7 Å². The van der Waals surface area contributed by atoms with E-state index in [1.807, 2.05) is 27.7 Å². The van der Waals surface area contributed by atoms with Crippen molar-refractivity contribution < 1.29 is 19.0 Å². The first kappa shape index (κ1) is 15.4. The Balaban J connectivity index is 3.58. The Morgan fingerprint density at radius 2 is 1.56 bits per heavy atom. The molecule has 96 valence electrons. The molecule has 0 heterocycles. The molecule has 16 heavy (non-hydrogen) atoms. The predicted octanol–water partition coefficient (Wildman–Crippen LogP) is 2.16. The molecule has 2 unspecified atom stereocenters. The fraction of sp³-hybridized carbons (Fsp3) is 0.917. The third-order valence-corrected chi connectivity index (χ3v) is 1.90. The van der Waals surface area contributed by atoms with E-state index in [-0.39, 0.29) is 24.3 Å². The molecule has 0 rings (SSSR count). The lowest BCUT2D eigenvalue weighted by Crippen LogP contribution is -2.26. The quantitative estimate of drug-likeness (QED) is 0.602. The van der Waals surface area contributed by atoms with Crippen LogP contribution in [0.3, 0.4) is 0 Å². The van der Waals surface area contributed by atoms with Gasteiger partial charge in [-0.25, -0.2) is 0 Å². The average molecular weight is 232 g/mol. The highest BCUT2D eigenvalue weighted by molar-refractivity contribution is 5.69. The summed E-state index contributed by atoms with van der Waals surface area (Å²) in [6.45, 7) is 10.5. The van der Waals surface area contributed by atoms with Crippen LogP contribution in [0.5, 0.6) is 0 Å². The molecule has 0 aliphatic carbocycles. The lowest BCUT2D eigenvalue weighted by Gasteiger charge is -2.18. The lowest BCUT2D eigenvalue weighted by molar-refractivity contribution is -0.152. The Hall–Kier alpha value is -0.610. The maximum atomic E-state index is 11.0. The van der Waals surface area contributed by atoms with Crippen LogP contribution >= 0.6 is 0 Å². The fourth-order valence-corrected chi connectivity index (χ4v) is 1.02. The number of hydrogen-bond acceptors (Lipinski definition) is 4. The highest BCUT2D eigenvalue weighted by Crippen LogP contribution is 2.00. The molecule has 0 spiro atoms. The van der Waals surface area contributed by atoms with E-state index < -0.39 is 0 Å². The first-order valence-corrected chi connectivity index (χ1v) is 5.88. The van der Waals surface area contributed by atoms with Crippen molar-refractivity contribution >= 4 is 5.97 Å². The van der Waals surface area contributed by atoms with Gasteiger partial charge in [0, 0.05) is 6.42 Å². The zero-order valence-corrected chi connectivity index (χ0v) is 11.0. The van der Waals surface area contributed by atoms with Crippen LogP contribution in [0.1, 0.15) is 41.0 Å². The smallest absolute Gasteiger partial charge is 0.305 e. The highest BCUT2D eigenvalue weighted by Gasteiger charge is 2.10. The minimum Gasteiger partial charge on any atom is -0.460 e. The second-order valence-corrected chi connectivity index (χ2v) is 4.18. The average Bonchev–Trinajstić information content (AvgIpc) is 2.23. The van der Waals surface area contributed by atoms with Gasteiger partial charge in [0.2, 0.25) is 0 Å². The van der Waals surface area contributed by atoms with Crippen molar-refractivity contribution in [1.82, 2.24) is 0 Å². The van der Waals surface area contributed by atoms with Crippen molar-refractivity contribution in [2.24, 2.45) is 0 Å². The number of ether oxygens (including phenoxy) is 3. The molecule has 0 radical (unpaired) electrons. The summed E-state index contributed by atoms with van der Waals surface area (Å²) in [5, 5.41) is 0.